The molecule has 0 N–H and O–H groups in total. The summed E-state index contributed by atoms with van der Waals surface area (Å²) in [5.74, 6) is 0. The van der Waals surface area contributed by atoms with Crippen LogP contribution in [0.3, 0.4) is 0 Å². The molecule has 5 rings (SSSR count). The Balaban J connectivity index is 1.62. The third kappa shape index (κ3) is 3.19. The second-order valence-corrected chi connectivity index (χ2v) is 11.9. The minimum atomic E-state index is -3.63. The van der Waals surface area contributed by atoms with Gasteiger partial charge in [-0.2, -0.15) is 9.40 Å². The molecular formula is C24H34N4O2S. The van der Waals surface area contributed by atoms with Crippen molar-refractivity contribution in [3.63, 3.8) is 0 Å². The molecule has 1 aliphatic carbocycles. The van der Waals surface area contributed by atoms with Crippen LogP contribution in [0.5, 0.6) is 0 Å². The molecule has 0 unspecified atom stereocenters. The fourth-order valence-corrected chi connectivity index (χ4v) is 9.10. The van der Waals surface area contributed by atoms with Crippen LogP contribution in [-0.2, 0) is 23.5 Å². The normalized spacial score (nSPS) is 34.1. The van der Waals surface area contributed by atoms with Gasteiger partial charge in [0.1, 0.15) is 4.90 Å². The smallest absolute Gasteiger partial charge is 0.247 e. The van der Waals surface area contributed by atoms with Crippen molar-refractivity contribution in [1.82, 2.24) is 19.0 Å². The Morgan fingerprint density at radius 2 is 1.77 bits per heavy atom. The molecule has 1 saturated carbocycles. The van der Waals surface area contributed by atoms with E-state index in [1.54, 1.807) is 24.9 Å². The molecule has 0 amide bonds. The van der Waals surface area contributed by atoms with E-state index in [4.69, 9.17) is 0 Å². The van der Waals surface area contributed by atoms with Gasteiger partial charge < -0.3 is 0 Å². The zero-order valence-electron chi connectivity index (χ0n) is 19.0. The molecule has 2 saturated heterocycles. The molecule has 3 heterocycles. The van der Waals surface area contributed by atoms with Crippen molar-refractivity contribution in [3.05, 3.63) is 47.8 Å². The summed E-state index contributed by atoms with van der Waals surface area (Å²) in [6.45, 7) is 4.15. The monoisotopic (exact) mass is 442 g/mol. The summed E-state index contributed by atoms with van der Waals surface area (Å²) in [6.07, 6.45) is 7.87. The highest BCUT2D eigenvalue weighted by molar-refractivity contribution is 7.89. The van der Waals surface area contributed by atoms with Crippen LogP contribution in [0.1, 0.15) is 50.3 Å². The largest absolute Gasteiger partial charge is 0.298 e. The molecule has 5 atom stereocenters. The number of fused-ring (bicyclic) bond motifs is 1. The van der Waals surface area contributed by atoms with Gasteiger partial charge >= 0.3 is 0 Å². The third-order valence-corrected chi connectivity index (χ3v) is 10.3. The average Bonchev–Trinajstić information content (AvgIpc) is 3.15. The highest BCUT2D eigenvalue weighted by Gasteiger charge is 2.64. The first-order chi connectivity index (χ1) is 14.7. The molecule has 0 spiro atoms. The van der Waals surface area contributed by atoms with Crippen molar-refractivity contribution in [2.24, 2.45) is 12.5 Å². The van der Waals surface area contributed by atoms with Crippen LogP contribution >= 0.6 is 0 Å². The summed E-state index contributed by atoms with van der Waals surface area (Å²) >= 11 is 0. The summed E-state index contributed by atoms with van der Waals surface area (Å²) < 4.78 is 31.8. The molecular weight excluding hydrogens is 408 g/mol. The molecule has 1 aromatic heterocycles. The van der Waals surface area contributed by atoms with Gasteiger partial charge in [-0.25, -0.2) is 8.42 Å². The number of benzene rings is 1. The van der Waals surface area contributed by atoms with Crippen LogP contribution in [0.2, 0.25) is 0 Å². The van der Waals surface area contributed by atoms with Gasteiger partial charge in [-0.15, -0.1) is 0 Å². The molecule has 6 nitrogen and oxygen atoms in total. The second-order valence-electron chi connectivity index (χ2n) is 10.1. The third-order valence-electron chi connectivity index (χ3n) is 8.28. The van der Waals surface area contributed by atoms with Crippen molar-refractivity contribution in [2.45, 2.75) is 81.4 Å². The number of aromatic nitrogens is 2. The molecule has 2 aromatic rings. The summed E-state index contributed by atoms with van der Waals surface area (Å²) in [5.41, 5.74) is 1.86. The van der Waals surface area contributed by atoms with Crippen LogP contribution in [0.25, 0.3) is 0 Å². The molecule has 2 bridgehead atoms. The Bertz CT molecular complexity index is 1070. The number of sulfonamides is 1. The van der Waals surface area contributed by atoms with Crippen molar-refractivity contribution < 1.29 is 8.42 Å². The number of rotatable bonds is 4. The van der Waals surface area contributed by atoms with Gasteiger partial charge in [0.05, 0.1) is 5.69 Å². The van der Waals surface area contributed by atoms with Crippen LogP contribution in [0.4, 0.5) is 0 Å². The van der Waals surface area contributed by atoms with E-state index >= 15 is 0 Å². The summed E-state index contributed by atoms with van der Waals surface area (Å²) in [5, 5.41) is 4.35. The predicted molar refractivity (Wildman–Crippen MR) is 121 cm³/mol. The van der Waals surface area contributed by atoms with E-state index in [1.165, 1.54) is 12.0 Å². The number of nitrogens with zero attached hydrogens (tertiary/aromatic N) is 4. The van der Waals surface area contributed by atoms with Crippen LogP contribution < -0.4 is 0 Å². The zero-order valence-corrected chi connectivity index (χ0v) is 19.8. The van der Waals surface area contributed by atoms with E-state index in [1.807, 2.05) is 10.4 Å². The van der Waals surface area contributed by atoms with Gasteiger partial charge in [-0.3, -0.25) is 9.58 Å². The lowest BCUT2D eigenvalue weighted by molar-refractivity contribution is 0.0168. The molecule has 0 radical (unpaired) electrons. The molecule has 2 aliphatic heterocycles. The van der Waals surface area contributed by atoms with Crippen molar-refractivity contribution in [1.29, 1.82) is 0 Å². The lowest BCUT2D eigenvalue weighted by atomic mass is 9.69. The van der Waals surface area contributed by atoms with Gasteiger partial charge in [0.25, 0.3) is 0 Å². The number of aryl methyl sites for hydroxylation is 2. The van der Waals surface area contributed by atoms with E-state index in [2.05, 4.69) is 48.2 Å². The zero-order chi connectivity index (χ0) is 22.0. The maximum Gasteiger partial charge on any atom is 0.247 e. The van der Waals surface area contributed by atoms with Gasteiger partial charge in [0, 0.05) is 42.8 Å². The number of piperidine rings is 1. The van der Waals surface area contributed by atoms with Gasteiger partial charge in [0.2, 0.25) is 10.0 Å². The van der Waals surface area contributed by atoms with Gasteiger partial charge in [0.15, 0.2) is 0 Å². The fourth-order valence-electron chi connectivity index (χ4n) is 6.92. The summed E-state index contributed by atoms with van der Waals surface area (Å²) in [6, 6.07) is 11.2. The van der Waals surface area contributed by atoms with Crippen molar-refractivity contribution in [2.75, 3.05) is 7.05 Å². The topological polar surface area (TPSA) is 58.4 Å². The Morgan fingerprint density at radius 3 is 2.42 bits per heavy atom. The van der Waals surface area contributed by atoms with E-state index in [0.29, 0.717) is 16.6 Å². The maximum atomic E-state index is 14.1. The molecule has 7 heteroatoms. The standard InChI is InChI=1S/C24H34N4O2S/c1-17-21(16-26(3)25-17)31(29,30)28-20-15-24(2)22(12-8-9-13-23(24)28)27(4)19(20)14-18-10-6-5-7-11-18/h5-7,10-11,16,19-20,22-23H,8-9,12-15H2,1-4H3/t19-,20+,22-,23+,24-/m1/s1. The first-order valence-corrected chi connectivity index (χ1v) is 13.0. The first-order valence-electron chi connectivity index (χ1n) is 11.5. The van der Waals surface area contributed by atoms with E-state index in [-0.39, 0.29) is 23.5 Å². The van der Waals surface area contributed by atoms with E-state index in [0.717, 1.165) is 32.1 Å². The predicted octanol–water partition coefficient (Wildman–Crippen LogP) is 3.37. The van der Waals surface area contributed by atoms with Crippen LogP contribution in [0, 0.1) is 12.3 Å². The average molecular weight is 443 g/mol. The van der Waals surface area contributed by atoms with E-state index < -0.39 is 10.0 Å². The molecule has 1 aromatic carbocycles. The van der Waals surface area contributed by atoms with Crippen LogP contribution in [0.15, 0.2) is 41.4 Å². The number of likely N-dealkylation sites (tertiary alicyclic amines) is 1. The Labute approximate surface area is 186 Å². The van der Waals surface area contributed by atoms with Crippen molar-refractivity contribution >= 4 is 10.0 Å². The summed E-state index contributed by atoms with van der Waals surface area (Å²) in [7, 11) is 0.394. The first kappa shape index (κ1) is 21.2. The maximum absolute atomic E-state index is 14.1. The summed E-state index contributed by atoms with van der Waals surface area (Å²) in [4.78, 5) is 2.90. The SMILES string of the molecule is Cc1nn(C)cc1S(=O)(=O)N1[C@H]2CCCC[C@H]3N(C)[C@H](Cc4ccccc4)[C@@H]1C[C@@]23C. The highest BCUT2D eigenvalue weighted by Crippen LogP contribution is 2.56. The van der Waals surface area contributed by atoms with Gasteiger partial charge in [-0.05, 0) is 45.2 Å². The molecule has 3 fully saturated rings. The Hall–Kier alpha value is -1.70. The molecule has 168 valence electrons. The molecule has 31 heavy (non-hydrogen) atoms. The fraction of sp³-hybridized carbons (Fsp3) is 0.625. The van der Waals surface area contributed by atoms with Gasteiger partial charge in [-0.1, -0.05) is 50.1 Å². The lowest BCUT2D eigenvalue weighted by Crippen LogP contribution is -2.58. The Kier molecular flexibility index (Phi) is 5.07. The van der Waals surface area contributed by atoms with Crippen molar-refractivity contribution in [3.8, 4) is 0 Å². The minimum Gasteiger partial charge on any atom is -0.298 e. The molecule has 3 aliphatic rings. The Morgan fingerprint density at radius 1 is 1.10 bits per heavy atom. The number of hydrogen-bond donors (Lipinski definition) is 0. The highest BCUT2D eigenvalue weighted by atomic mass is 32.2. The quantitative estimate of drug-likeness (QED) is 0.729. The number of hydrogen-bond acceptors (Lipinski definition) is 4. The van der Waals surface area contributed by atoms with E-state index in [9.17, 15) is 8.42 Å². The minimum absolute atomic E-state index is 0.00765. The second kappa shape index (κ2) is 7.42. The van der Waals surface area contributed by atoms with Crippen LogP contribution in [-0.4, -0.2) is 58.6 Å². The number of likely N-dealkylation sites (N-methyl/N-ethyl adjacent to an activating group) is 1. The lowest BCUT2D eigenvalue weighted by Gasteiger charge is -2.49.